The lowest BCUT2D eigenvalue weighted by Crippen LogP contribution is -2.47. The summed E-state index contributed by atoms with van der Waals surface area (Å²) in [6.45, 7) is 1.30. The van der Waals surface area contributed by atoms with Crippen LogP contribution in [0.15, 0.2) is 24.3 Å². The van der Waals surface area contributed by atoms with Crippen molar-refractivity contribution in [1.82, 2.24) is 9.88 Å². The number of likely N-dealkylation sites (tertiary alicyclic amines) is 1. The highest BCUT2D eigenvalue weighted by Crippen LogP contribution is 2.40. The van der Waals surface area contributed by atoms with E-state index in [0.29, 0.717) is 17.5 Å². The number of rotatable bonds is 3. The quantitative estimate of drug-likeness (QED) is 0.924. The van der Waals surface area contributed by atoms with Crippen molar-refractivity contribution in [3.8, 4) is 0 Å². The fourth-order valence-corrected chi connectivity index (χ4v) is 3.82. The number of nitrogens with two attached hydrogens (primary N) is 1. The van der Waals surface area contributed by atoms with Gasteiger partial charge < -0.3 is 10.6 Å². The summed E-state index contributed by atoms with van der Waals surface area (Å²) in [7, 11) is 0. The fourth-order valence-electron chi connectivity index (χ4n) is 3.65. The Hall–Kier alpha value is -1.65. The average molecular weight is 344 g/mol. The third-order valence-electron chi connectivity index (χ3n) is 5.18. The van der Waals surface area contributed by atoms with Gasteiger partial charge in [-0.1, -0.05) is 11.6 Å². The van der Waals surface area contributed by atoms with Crippen molar-refractivity contribution in [3.05, 3.63) is 40.5 Å². The van der Waals surface area contributed by atoms with E-state index in [1.807, 2.05) is 29.2 Å². The first-order valence-corrected chi connectivity index (χ1v) is 9.16. The zero-order chi connectivity index (χ0) is 16.7. The number of halogens is 1. The van der Waals surface area contributed by atoms with Crippen molar-refractivity contribution in [3.63, 3.8) is 0 Å². The summed E-state index contributed by atoms with van der Waals surface area (Å²) in [5, 5.41) is 1.48. The Kier molecular flexibility index (Phi) is 4.19. The molecule has 126 valence electrons. The van der Waals surface area contributed by atoms with Gasteiger partial charge >= 0.3 is 0 Å². The van der Waals surface area contributed by atoms with Crippen molar-refractivity contribution in [2.24, 2.45) is 5.73 Å². The zero-order valence-electron chi connectivity index (χ0n) is 13.7. The maximum absolute atomic E-state index is 13.3. The molecule has 4 rings (SSSR count). The van der Waals surface area contributed by atoms with Crippen LogP contribution in [0.5, 0.6) is 0 Å². The van der Waals surface area contributed by atoms with Crippen LogP contribution in [0.4, 0.5) is 0 Å². The van der Waals surface area contributed by atoms with E-state index >= 15 is 0 Å². The number of aromatic nitrogens is 1. The molecular formula is C19H22ClN3O. The number of carbonyl (C=O) groups is 1. The molecule has 5 heteroatoms. The predicted octanol–water partition coefficient (Wildman–Crippen LogP) is 3.72. The second-order valence-electron chi connectivity index (χ2n) is 6.91. The van der Waals surface area contributed by atoms with Crippen LogP contribution in [0.2, 0.25) is 5.02 Å². The second-order valence-corrected chi connectivity index (χ2v) is 7.35. The first kappa shape index (κ1) is 15.9. The molecule has 2 heterocycles. The Morgan fingerprint density at radius 3 is 2.83 bits per heavy atom. The van der Waals surface area contributed by atoms with Crippen molar-refractivity contribution in [1.29, 1.82) is 0 Å². The van der Waals surface area contributed by atoms with Crippen LogP contribution in [-0.4, -0.2) is 34.9 Å². The van der Waals surface area contributed by atoms with Crippen LogP contribution in [0, 0.1) is 0 Å². The highest BCUT2D eigenvalue weighted by molar-refractivity contribution is 6.31. The van der Waals surface area contributed by atoms with Crippen molar-refractivity contribution >= 4 is 28.4 Å². The highest BCUT2D eigenvalue weighted by Gasteiger charge is 2.30. The summed E-state index contributed by atoms with van der Waals surface area (Å²) in [6, 6.07) is 7.73. The maximum Gasteiger partial charge on any atom is 0.254 e. The number of amides is 1. The standard InChI is InChI=1S/C19H22ClN3O/c20-13-6-7-17-15(9-13)16(10-18(22-17)12-4-5-12)19(24)23-8-2-1-3-14(23)11-21/h6-7,9-10,12,14H,1-5,8,11,21H2. The van der Waals surface area contributed by atoms with Crippen LogP contribution in [-0.2, 0) is 0 Å². The molecule has 24 heavy (non-hydrogen) atoms. The Morgan fingerprint density at radius 2 is 2.08 bits per heavy atom. The van der Waals surface area contributed by atoms with Crippen LogP contribution in [0.25, 0.3) is 10.9 Å². The van der Waals surface area contributed by atoms with Gasteiger partial charge in [0.1, 0.15) is 0 Å². The summed E-state index contributed by atoms with van der Waals surface area (Å²) < 4.78 is 0. The first-order valence-electron chi connectivity index (χ1n) is 8.78. The fraction of sp³-hybridized carbons (Fsp3) is 0.474. The molecule has 2 aromatic rings. The van der Waals surface area contributed by atoms with Gasteiger partial charge in [0, 0.05) is 41.2 Å². The number of piperidine rings is 1. The van der Waals surface area contributed by atoms with Gasteiger partial charge in [0.2, 0.25) is 0 Å². The van der Waals surface area contributed by atoms with Crippen LogP contribution < -0.4 is 5.73 Å². The maximum atomic E-state index is 13.3. The van der Waals surface area contributed by atoms with Gasteiger partial charge in [0.15, 0.2) is 0 Å². The molecule has 1 saturated carbocycles. The van der Waals surface area contributed by atoms with Gasteiger partial charge in [-0.15, -0.1) is 0 Å². The lowest BCUT2D eigenvalue weighted by atomic mass is 9.99. The van der Waals surface area contributed by atoms with Gasteiger partial charge in [0.25, 0.3) is 5.91 Å². The summed E-state index contributed by atoms with van der Waals surface area (Å²) in [5.41, 5.74) is 8.53. The molecule has 1 aliphatic heterocycles. The van der Waals surface area contributed by atoms with E-state index in [1.54, 1.807) is 0 Å². The minimum atomic E-state index is 0.0710. The molecule has 1 unspecified atom stereocenters. The van der Waals surface area contributed by atoms with Gasteiger partial charge in [-0.05, 0) is 56.4 Å². The molecule has 1 atom stereocenters. The van der Waals surface area contributed by atoms with E-state index in [1.165, 1.54) is 0 Å². The molecule has 0 spiro atoms. The summed E-state index contributed by atoms with van der Waals surface area (Å²) in [6.07, 6.45) is 5.49. The normalized spacial score (nSPS) is 21.2. The minimum Gasteiger partial charge on any atom is -0.334 e. The summed E-state index contributed by atoms with van der Waals surface area (Å²) in [4.78, 5) is 20.0. The van der Waals surface area contributed by atoms with Crippen molar-refractivity contribution < 1.29 is 4.79 Å². The molecule has 1 aromatic heterocycles. The molecule has 0 bridgehead atoms. The molecular weight excluding hydrogens is 322 g/mol. The third-order valence-corrected chi connectivity index (χ3v) is 5.41. The first-order chi connectivity index (χ1) is 11.7. The second kappa shape index (κ2) is 6.34. The minimum absolute atomic E-state index is 0.0710. The molecule has 1 amide bonds. The average Bonchev–Trinajstić information content (AvgIpc) is 3.45. The summed E-state index contributed by atoms with van der Waals surface area (Å²) in [5.74, 6) is 0.574. The Bertz CT molecular complexity index is 788. The Morgan fingerprint density at radius 1 is 1.25 bits per heavy atom. The SMILES string of the molecule is NCC1CCCCN1C(=O)c1cc(C2CC2)nc2ccc(Cl)cc12. The number of fused-ring (bicyclic) bond motifs is 1. The predicted molar refractivity (Wildman–Crippen MR) is 96.5 cm³/mol. The lowest BCUT2D eigenvalue weighted by molar-refractivity contribution is 0.0625. The molecule has 1 aromatic carbocycles. The highest BCUT2D eigenvalue weighted by atomic mass is 35.5. The van der Waals surface area contributed by atoms with E-state index in [0.717, 1.165) is 60.8 Å². The number of nitrogens with zero attached hydrogens (tertiary/aromatic N) is 2. The van der Waals surface area contributed by atoms with E-state index in [4.69, 9.17) is 22.3 Å². The van der Waals surface area contributed by atoms with Crippen molar-refractivity contribution in [2.75, 3.05) is 13.1 Å². The summed E-state index contributed by atoms with van der Waals surface area (Å²) >= 11 is 6.18. The molecule has 4 nitrogen and oxygen atoms in total. The molecule has 1 saturated heterocycles. The van der Waals surface area contributed by atoms with E-state index in [2.05, 4.69) is 0 Å². The smallest absolute Gasteiger partial charge is 0.254 e. The Labute approximate surface area is 147 Å². The number of hydrogen-bond donors (Lipinski definition) is 1. The van der Waals surface area contributed by atoms with Gasteiger partial charge in [-0.25, -0.2) is 0 Å². The van der Waals surface area contributed by atoms with Crippen molar-refractivity contribution in [2.45, 2.75) is 44.1 Å². The molecule has 0 radical (unpaired) electrons. The monoisotopic (exact) mass is 343 g/mol. The number of benzene rings is 1. The van der Waals surface area contributed by atoms with E-state index in [9.17, 15) is 4.79 Å². The third kappa shape index (κ3) is 2.89. The topological polar surface area (TPSA) is 59.2 Å². The number of pyridine rings is 1. The van der Waals surface area contributed by atoms with Gasteiger partial charge in [-0.3, -0.25) is 9.78 Å². The number of carbonyl (C=O) groups excluding carboxylic acids is 1. The van der Waals surface area contributed by atoms with Crippen LogP contribution >= 0.6 is 11.6 Å². The van der Waals surface area contributed by atoms with Gasteiger partial charge in [-0.2, -0.15) is 0 Å². The lowest BCUT2D eigenvalue weighted by Gasteiger charge is -2.35. The van der Waals surface area contributed by atoms with Gasteiger partial charge in [0.05, 0.1) is 11.1 Å². The number of hydrogen-bond acceptors (Lipinski definition) is 3. The van der Waals surface area contributed by atoms with E-state index in [-0.39, 0.29) is 11.9 Å². The Balaban J connectivity index is 1.81. The zero-order valence-corrected chi connectivity index (χ0v) is 14.4. The van der Waals surface area contributed by atoms with E-state index < -0.39 is 0 Å². The van der Waals surface area contributed by atoms with Crippen LogP contribution in [0.3, 0.4) is 0 Å². The molecule has 2 fully saturated rings. The molecule has 2 N–H and O–H groups in total. The molecule has 1 aliphatic carbocycles. The molecule has 2 aliphatic rings. The largest absolute Gasteiger partial charge is 0.334 e. The van der Waals surface area contributed by atoms with Crippen LogP contribution in [0.1, 0.15) is 54.1 Å².